The molecule has 1 aliphatic rings. The molecular weight excluding hydrogens is 442 g/mol. The van der Waals surface area contributed by atoms with Crippen LogP contribution < -0.4 is 14.8 Å². The number of anilines is 1. The first-order chi connectivity index (χ1) is 17.1. The number of amides is 1. The fourth-order valence-electron chi connectivity index (χ4n) is 4.30. The van der Waals surface area contributed by atoms with Crippen LogP contribution in [0.4, 0.5) is 5.69 Å². The molecule has 4 heterocycles. The minimum Gasteiger partial charge on any atom is -0.486 e. The minimum absolute atomic E-state index is 0.197. The van der Waals surface area contributed by atoms with Crippen molar-refractivity contribution in [2.45, 2.75) is 19.9 Å². The number of rotatable bonds is 4. The summed E-state index contributed by atoms with van der Waals surface area (Å²) in [6.45, 7) is 5.14. The van der Waals surface area contributed by atoms with Gasteiger partial charge in [-0.15, -0.1) is 0 Å². The fraction of sp³-hybridized carbons (Fsp3) is 0.185. The van der Waals surface area contributed by atoms with Crippen molar-refractivity contribution in [2.75, 3.05) is 18.5 Å². The van der Waals surface area contributed by atoms with Gasteiger partial charge in [0.1, 0.15) is 13.2 Å². The van der Waals surface area contributed by atoms with Gasteiger partial charge in [-0.05, 0) is 50.2 Å². The summed E-state index contributed by atoms with van der Waals surface area (Å²) in [4.78, 5) is 22.8. The zero-order valence-electron chi connectivity index (χ0n) is 19.4. The normalized spacial score (nSPS) is 12.9. The van der Waals surface area contributed by atoms with Gasteiger partial charge in [-0.1, -0.05) is 18.2 Å². The van der Waals surface area contributed by atoms with Crippen LogP contribution in [0.1, 0.15) is 30.2 Å². The van der Waals surface area contributed by atoms with Crippen molar-refractivity contribution in [3.05, 3.63) is 72.6 Å². The maximum atomic E-state index is 13.5. The fourth-order valence-corrected chi connectivity index (χ4v) is 4.30. The van der Waals surface area contributed by atoms with Gasteiger partial charge in [-0.25, -0.2) is 14.6 Å². The number of para-hydroxylation sites is 1. The molecule has 35 heavy (non-hydrogen) atoms. The molecule has 1 aliphatic heterocycles. The van der Waals surface area contributed by atoms with E-state index < -0.39 is 0 Å². The number of carbonyl (C=O) groups excluding carboxylic acids is 1. The Balaban J connectivity index is 1.38. The highest BCUT2D eigenvalue weighted by Gasteiger charge is 2.18. The molecule has 0 fully saturated rings. The van der Waals surface area contributed by atoms with Crippen LogP contribution in [0.5, 0.6) is 11.5 Å². The maximum Gasteiger partial charge on any atom is 0.256 e. The zero-order valence-corrected chi connectivity index (χ0v) is 19.4. The quantitative estimate of drug-likeness (QED) is 0.390. The first kappa shape index (κ1) is 21.1. The summed E-state index contributed by atoms with van der Waals surface area (Å²) in [6, 6.07) is 17.2. The van der Waals surface area contributed by atoms with Gasteiger partial charge in [0.25, 0.3) is 5.91 Å². The molecule has 0 bridgehead atoms. The van der Waals surface area contributed by atoms with E-state index in [0.717, 1.165) is 27.5 Å². The first-order valence-corrected chi connectivity index (χ1v) is 11.5. The number of aromatic nitrogens is 4. The predicted octanol–water partition coefficient (Wildman–Crippen LogP) is 5.25. The Morgan fingerprint density at radius 2 is 1.83 bits per heavy atom. The summed E-state index contributed by atoms with van der Waals surface area (Å²) in [5.41, 5.74) is 4.17. The Labute approximate surface area is 201 Å². The molecule has 2 aromatic carbocycles. The lowest BCUT2D eigenvalue weighted by atomic mass is 10.0. The van der Waals surface area contributed by atoms with Crippen LogP contribution in [0, 0.1) is 0 Å². The Morgan fingerprint density at radius 3 is 2.69 bits per heavy atom. The highest BCUT2D eigenvalue weighted by atomic mass is 16.6. The summed E-state index contributed by atoms with van der Waals surface area (Å²) in [5, 5.41) is 9.04. The van der Waals surface area contributed by atoms with E-state index in [-0.39, 0.29) is 11.9 Å². The molecule has 0 radical (unpaired) electrons. The van der Waals surface area contributed by atoms with Crippen molar-refractivity contribution in [1.82, 2.24) is 19.7 Å². The largest absolute Gasteiger partial charge is 0.486 e. The second-order valence-corrected chi connectivity index (χ2v) is 8.70. The van der Waals surface area contributed by atoms with E-state index >= 15 is 0 Å². The minimum atomic E-state index is -0.236. The average Bonchev–Trinajstić information content (AvgIpc) is 3.31. The highest BCUT2D eigenvalue weighted by molar-refractivity contribution is 6.13. The molecule has 3 aromatic heterocycles. The molecule has 0 aliphatic carbocycles. The zero-order chi connectivity index (χ0) is 23.9. The third kappa shape index (κ3) is 3.82. The Bertz CT molecular complexity index is 1590. The molecule has 0 saturated carbocycles. The van der Waals surface area contributed by atoms with E-state index in [9.17, 15) is 4.79 Å². The second kappa shape index (κ2) is 8.39. The molecule has 5 aromatic rings. The molecule has 1 N–H and O–H groups in total. The van der Waals surface area contributed by atoms with Gasteiger partial charge in [0.05, 0.1) is 34.9 Å². The Kier molecular flexibility index (Phi) is 5.06. The molecule has 8 heteroatoms. The van der Waals surface area contributed by atoms with Crippen molar-refractivity contribution in [2.24, 2.45) is 0 Å². The van der Waals surface area contributed by atoms with Crippen LogP contribution in [0.2, 0.25) is 0 Å². The van der Waals surface area contributed by atoms with Gasteiger partial charge in [-0.2, -0.15) is 5.10 Å². The SMILES string of the molecule is CC(C)n1ncc2cc(NC(=O)c3cc(-c4ccc5c(c4)OCCO5)nc4ccccc34)cnc21. The predicted molar refractivity (Wildman–Crippen MR) is 134 cm³/mol. The molecule has 0 spiro atoms. The van der Waals surface area contributed by atoms with Crippen molar-refractivity contribution in [1.29, 1.82) is 0 Å². The lowest BCUT2D eigenvalue weighted by molar-refractivity contribution is 0.102. The molecule has 6 rings (SSSR count). The number of pyridine rings is 2. The van der Waals surface area contributed by atoms with Gasteiger partial charge in [0.2, 0.25) is 0 Å². The number of hydrogen-bond donors (Lipinski definition) is 1. The number of hydrogen-bond acceptors (Lipinski definition) is 6. The Hall–Kier alpha value is -4.46. The third-order valence-corrected chi connectivity index (χ3v) is 5.98. The van der Waals surface area contributed by atoms with Crippen molar-refractivity contribution < 1.29 is 14.3 Å². The van der Waals surface area contributed by atoms with Gasteiger partial charge < -0.3 is 14.8 Å². The monoisotopic (exact) mass is 465 g/mol. The third-order valence-electron chi connectivity index (χ3n) is 5.98. The average molecular weight is 466 g/mol. The molecule has 0 saturated heterocycles. The van der Waals surface area contributed by atoms with Crippen LogP contribution in [0.15, 0.2) is 67.0 Å². The summed E-state index contributed by atoms with van der Waals surface area (Å²) in [5.74, 6) is 1.15. The molecule has 0 unspecified atom stereocenters. The van der Waals surface area contributed by atoms with Gasteiger partial charge in [0.15, 0.2) is 17.1 Å². The number of nitrogens with one attached hydrogen (secondary N) is 1. The summed E-state index contributed by atoms with van der Waals surface area (Å²) in [6.07, 6.45) is 3.42. The van der Waals surface area contributed by atoms with E-state index in [1.165, 1.54) is 0 Å². The highest BCUT2D eigenvalue weighted by Crippen LogP contribution is 2.35. The van der Waals surface area contributed by atoms with Crippen molar-refractivity contribution >= 4 is 33.5 Å². The lowest BCUT2D eigenvalue weighted by Gasteiger charge is -2.19. The maximum absolute atomic E-state index is 13.5. The van der Waals surface area contributed by atoms with Crippen molar-refractivity contribution in [3.8, 4) is 22.8 Å². The van der Waals surface area contributed by atoms with Crippen molar-refractivity contribution in [3.63, 3.8) is 0 Å². The standard InChI is InChI=1S/C27H23N5O3/c1-16(2)32-26-18(14-29-32)11-19(15-28-26)30-27(33)21-13-23(31-22-6-4-3-5-20(21)22)17-7-8-24-25(12-17)35-10-9-34-24/h3-8,11-16H,9-10H2,1-2H3,(H,30,33). The molecule has 1 amide bonds. The topological polar surface area (TPSA) is 91.2 Å². The molecule has 8 nitrogen and oxygen atoms in total. The number of fused-ring (bicyclic) bond motifs is 3. The Morgan fingerprint density at radius 1 is 1.00 bits per heavy atom. The smallest absolute Gasteiger partial charge is 0.256 e. The lowest BCUT2D eigenvalue weighted by Crippen LogP contribution is -2.15. The van der Waals surface area contributed by atoms with Crippen LogP contribution in [-0.2, 0) is 0 Å². The molecule has 0 atom stereocenters. The van der Waals surface area contributed by atoms with E-state index in [2.05, 4.69) is 29.2 Å². The van der Waals surface area contributed by atoms with E-state index in [4.69, 9.17) is 14.5 Å². The molecular formula is C27H23N5O3. The van der Waals surface area contributed by atoms with Crippen LogP contribution in [-0.4, -0.2) is 38.9 Å². The van der Waals surface area contributed by atoms with Gasteiger partial charge in [0, 0.05) is 22.4 Å². The van der Waals surface area contributed by atoms with Gasteiger partial charge in [-0.3, -0.25) is 4.79 Å². The van der Waals surface area contributed by atoms with E-state index in [0.29, 0.717) is 41.7 Å². The number of carbonyl (C=O) groups is 1. The summed E-state index contributed by atoms with van der Waals surface area (Å²) in [7, 11) is 0. The number of nitrogens with zero attached hydrogens (tertiary/aromatic N) is 4. The number of benzene rings is 2. The van der Waals surface area contributed by atoms with Gasteiger partial charge >= 0.3 is 0 Å². The number of ether oxygens (including phenoxy) is 2. The molecule has 174 valence electrons. The van der Waals surface area contributed by atoms with Crippen LogP contribution in [0.25, 0.3) is 33.2 Å². The summed E-state index contributed by atoms with van der Waals surface area (Å²) >= 11 is 0. The van der Waals surface area contributed by atoms with Crippen LogP contribution >= 0.6 is 0 Å². The van der Waals surface area contributed by atoms with Crippen LogP contribution in [0.3, 0.4) is 0 Å². The van der Waals surface area contributed by atoms with E-state index in [1.54, 1.807) is 12.4 Å². The first-order valence-electron chi connectivity index (χ1n) is 11.5. The van der Waals surface area contributed by atoms with E-state index in [1.807, 2.05) is 59.3 Å². The second-order valence-electron chi connectivity index (χ2n) is 8.70. The summed E-state index contributed by atoms with van der Waals surface area (Å²) < 4.78 is 13.2.